The molecule has 1 aliphatic carbocycles. The van der Waals surface area contributed by atoms with Crippen LogP contribution in [0.3, 0.4) is 0 Å². The van der Waals surface area contributed by atoms with Gasteiger partial charge in [0, 0.05) is 31.1 Å². The summed E-state index contributed by atoms with van der Waals surface area (Å²) in [5.74, 6) is 0.335. The highest BCUT2D eigenvalue weighted by molar-refractivity contribution is 5.79. The molecule has 158 valence electrons. The van der Waals surface area contributed by atoms with Gasteiger partial charge in [0.2, 0.25) is 11.8 Å². The third kappa shape index (κ3) is 5.33. The lowest BCUT2D eigenvalue weighted by molar-refractivity contribution is -0.126. The number of aryl methyl sites for hydroxylation is 2. The summed E-state index contributed by atoms with van der Waals surface area (Å²) in [6.45, 7) is 4.18. The number of hydrogen-bond acceptors (Lipinski definition) is 5. The first-order chi connectivity index (χ1) is 13.8. The van der Waals surface area contributed by atoms with Gasteiger partial charge in [0.15, 0.2) is 0 Å². The smallest absolute Gasteiger partial charge is 0.340 e. The normalized spacial score (nSPS) is 19.1. The molecule has 0 aromatic carbocycles. The van der Waals surface area contributed by atoms with Crippen molar-refractivity contribution in [3.63, 3.8) is 0 Å². The number of nitrogens with zero attached hydrogens (tertiary/aromatic N) is 3. The van der Waals surface area contributed by atoms with Gasteiger partial charge in [-0.2, -0.15) is 10.2 Å². The lowest BCUT2D eigenvalue weighted by Crippen LogP contribution is -2.41. The third-order valence-corrected chi connectivity index (χ3v) is 5.70. The van der Waals surface area contributed by atoms with Crippen LogP contribution in [0.2, 0.25) is 0 Å². The molecular weight excluding hydrogens is 374 g/mol. The molecule has 0 spiro atoms. The van der Waals surface area contributed by atoms with Crippen LogP contribution in [0.1, 0.15) is 54.9 Å². The predicted molar refractivity (Wildman–Crippen MR) is 106 cm³/mol. The van der Waals surface area contributed by atoms with Gasteiger partial charge < -0.3 is 10.6 Å². The van der Waals surface area contributed by atoms with Gasteiger partial charge in [0.05, 0.1) is 12.2 Å². The van der Waals surface area contributed by atoms with E-state index in [2.05, 4.69) is 30.9 Å². The molecule has 0 saturated heterocycles. The number of carbonyl (C=O) groups excluding carboxylic acids is 2. The monoisotopic (exact) mass is 403 g/mol. The molecule has 2 amide bonds. The van der Waals surface area contributed by atoms with Gasteiger partial charge in [0.25, 0.3) is 0 Å². The summed E-state index contributed by atoms with van der Waals surface area (Å²) in [7, 11) is 1.91. The van der Waals surface area contributed by atoms with E-state index in [4.69, 9.17) is 0 Å². The van der Waals surface area contributed by atoms with Crippen molar-refractivity contribution in [3.8, 4) is 0 Å². The summed E-state index contributed by atoms with van der Waals surface area (Å²) in [4.78, 5) is 38.1. The minimum Gasteiger partial charge on any atom is -0.353 e. The first kappa shape index (κ1) is 20.8. The molecular formula is C19H29N7O3. The number of rotatable bonds is 7. The molecule has 1 aliphatic rings. The largest absolute Gasteiger partial charge is 0.353 e. The summed E-state index contributed by atoms with van der Waals surface area (Å²) in [6.07, 6.45) is 4.16. The van der Waals surface area contributed by atoms with Gasteiger partial charge in [0.1, 0.15) is 5.82 Å². The van der Waals surface area contributed by atoms with E-state index in [9.17, 15) is 14.4 Å². The van der Waals surface area contributed by atoms with E-state index in [0.717, 1.165) is 42.6 Å². The van der Waals surface area contributed by atoms with Crippen molar-refractivity contribution >= 4 is 11.8 Å². The maximum absolute atomic E-state index is 12.3. The highest BCUT2D eigenvalue weighted by Crippen LogP contribution is 2.24. The number of aromatic amines is 2. The lowest BCUT2D eigenvalue weighted by atomic mass is 9.85. The average molecular weight is 403 g/mol. The summed E-state index contributed by atoms with van der Waals surface area (Å²) in [5, 5.41) is 16.3. The van der Waals surface area contributed by atoms with Crippen molar-refractivity contribution in [1.82, 2.24) is 35.6 Å². The summed E-state index contributed by atoms with van der Waals surface area (Å²) in [5.41, 5.74) is 2.82. The van der Waals surface area contributed by atoms with Crippen molar-refractivity contribution in [2.45, 2.75) is 65.0 Å². The summed E-state index contributed by atoms with van der Waals surface area (Å²) >= 11 is 0. The van der Waals surface area contributed by atoms with E-state index in [0.29, 0.717) is 18.7 Å². The Morgan fingerprint density at radius 1 is 1.21 bits per heavy atom. The molecule has 0 unspecified atom stereocenters. The Hall–Kier alpha value is -2.91. The maximum Gasteiger partial charge on any atom is 0.340 e. The molecule has 0 aliphatic heterocycles. The zero-order valence-electron chi connectivity index (χ0n) is 17.2. The first-order valence-corrected chi connectivity index (χ1v) is 10.0. The van der Waals surface area contributed by atoms with Crippen LogP contribution in [0.5, 0.6) is 0 Å². The summed E-state index contributed by atoms with van der Waals surface area (Å²) in [6, 6.07) is 0.116. The van der Waals surface area contributed by atoms with Crippen LogP contribution in [0.15, 0.2) is 4.79 Å². The Morgan fingerprint density at radius 2 is 1.93 bits per heavy atom. The van der Waals surface area contributed by atoms with E-state index in [1.165, 1.54) is 0 Å². The molecule has 29 heavy (non-hydrogen) atoms. The van der Waals surface area contributed by atoms with Crippen molar-refractivity contribution in [2.75, 3.05) is 0 Å². The van der Waals surface area contributed by atoms with Crippen LogP contribution in [-0.2, 0) is 29.6 Å². The summed E-state index contributed by atoms with van der Waals surface area (Å²) < 4.78 is 1.85. The van der Waals surface area contributed by atoms with Crippen LogP contribution < -0.4 is 16.3 Å². The zero-order valence-corrected chi connectivity index (χ0v) is 17.2. The Balaban J connectivity index is 1.38. The van der Waals surface area contributed by atoms with Gasteiger partial charge in [-0.3, -0.25) is 19.3 Å². The molecule has 2 aromatic heterocycles. The average Bonchev–Trinajstić information content (AvgIpc) is 3.21. The van der Waals surface area contributed by atoms with Gasteiger partial charge in [-0.1, -0.05) is 0 Å². The van der Waals surface area contributed by atoms with E-state index in [1.807, 2.05) is 25.6 Å². The first-order valence-electron chi connectivity index (χ1n) is 10.0. The van der Waals surface area contributed by atoms with Crippen molar-refractivity contribution in [1.29, 1.82) is 0 Å². The van der Waals surface area contributed by atoms with E-state index in [1.54, 1.807) is 0 Å². The SMILES string of the molecule is Cc1nn(C)c(C)c1CCC(=O)NC1CCC(C(=O)NCc2n[nH]c(=O)[nH]2)CC1. The molecule has 10 nitrogen and oxygen atoms in total. The van der Waals surface area contributed by atoms with E-state index >= 15 is 0 Å². The number of nitrogens with one attached hydrogen (secondary N) is 4. The van der Waals surface area contributed by atoms with Crippen LogP contribution in [-0.4, -0.2) is 42.8 Å². The van der Waals surface area contributed by atoms with Crippen molar-refractivity contribution in [3.05, 3.63) is 33.3 Å². The molecule has 1 fully saturated rings. The standard InChI is InChI=1S/C19H29N7O3/c1-11-15(12(2)26(3)25-11)8-9-17(27)21-14-6-4-13(5-7-14)18(28)20-10-16-22-19(29)24-23-16/h13-14H,4-10H2,1-3H3,(H,20,28)(H,21,27)(H2,22,23,24,29). The van der Waals surface area contributed by atoms with Crippen molar-refractivity contribution < 1.29 is 9.59 Å². The van der Waals surface area contributed by atoms with E-state index < -0.39 is 0 Å². The quantitative estimate of drug-likeness (QED) is 0.529. The van der Waals surface area contributed by atoms with E-state index in [-0.39, 0.29) is 36.0 Å². The molecule has 2 heterocycles. The molecule has 10 heteroatoms. The highest BCUT2D eigenvalue weighted by atomic mass is 16.2. The highest BCUT2D eigenvalue weighted by Gasteiger charge is 2.27. The maximum atomic E-state index is 12.3. The molecule has 0 bridgehead atoms. The second kappa shape index (κ2) is 9.06. The molecule has 2 aromatic rings. The number of amides is 2. The lowest BCUT2D eigenvalue weighted by Gasteiger charge is -2.28. The van der Waals surface area contributed by atoms with Crippen LogP contribution >= 0.6 is 0 Å². The molecule has 0 atom stereocenters. The number of carbonyl (C=O) groups is 2. The molecule has 0 radical (unpaired) electrons. The Labute approximate surface area is 168 Å². The molecule has 3 rings (SSSR count). The Bertz CT molecular complexity index is 919. The Kier molecular flexibility index (Phi) is 6.50. The van der Waals surface area contributed by atoms with Gasteiger partial charge in [-0.05, 0) is 51.5 Å². The second-order valence-electron chi connectivity index (χ2n) is 7.73. The predicted octanol–water partition coefficient (Wildman–Crippen LogP) is 0.372. The van der Waals surface area contributed by atoms with Crippen LogP contribution in [0.25, 0.3) is 0 Å². The van der Waals surface area contributed by atoms with Gasteiger partial charge in [-0.25, -0.2) is 9.89 Å². The fraction of sp³-hybridized carbons (Fsp3) is 0.632. The van der Waals surface area contributed by atoms with Crippen LogP contribution in [0.4, 0.5) is 0 Å². The minimum atomic E-state index is -0.389. The van der Waals surface area contributed by atoms with Gasteiger partial charge >= 0.3 is 5.69 Å². The Morgan fingerprint density at radius 3 is 2.52 bits per heavy atom. The third-order valence-electron chi connectivity index (χ3n) is 5.70. The minimum absolute atomic E-state index is 0.0406. The fourth-order valence-corrected chi connectivity index (χ4v) is 3.92. The number of H-pyrrole nitrogens is 2. The fourth-order valence-electron chi connectivity index (χ4n) is 3.92. The van der Waals surface area contributed by atoms with Crippen LogP contribution in [0, 0.1) is 19.8 Å². The molecule has 4 N–H and O–H groups in total. The molecule has 1 saturated carbocycles. The number of aromatic nitrogens is 5. The second-order valence-corrected chi connectivity index (χ2v) is 7.73. The van der Waals surface area contributed by atoms with Gasteiger partial charge in [-0.15, -0.1) is 0 Å². The van der Waals surface area contributed by atoms with Crippen molar-refractivity contribution in [2.24, 2.45) is 13.0 Å². The topological polar surface area (TPSA) is 138 Å². The zero-order chi connectivity index (χ0) is 21.0. The number of hydrogen-bond donors (Lipinski definition) is 4.